The third-order valence-corrected chi connectivity index (χ3v) is 8.46. The van der Waals surface area contributed by atoms with Crippen molar-refractivity contribution in [2.24, 2.45) is 5.92 Å². The van der Waals surface area contributed by atoms with E-state index in [-0.39, 0.29) is 23.6 Å². The summed E-state index contributed by atoms with van der Waals surface area (Å²) in [5, 5.41) is 9.21. The Balaban J connectivity index is 1.25. The maximum atomic E-state index is 14.0. The van der Waals surface area contributed by atoms with Crippen LogP contribution in [0.4, 0.5) is 21.5 Å². The summed E-state index contributed by atoms with van der Waals surface area (Å²) in [6.07, 6.45) is 1.86. The van der Waals surface area contributed by atoms with Crippen LogP contribution in [0.5, 0.6) is 0 Å². The zero-order valence-electron chi connectivity index (χ0n) is 25.0. The van der Waals surface area contributed by atoms with Crippen molar-refractivity contribution in [1.82, 2.24) is 15.1 Å². The number of fused-ring (bicyclic) bond motifs is 1. The Bertz CT molecular complexity index is 1610. The molecule has 3 amide bonds. The lowest BCUT2D eigenvalue weighted by Crippen LogP contribution is -2.48. The Kier molecular flexibility index (Phi) is 8.45. The van der Waals surface area contributed by atoms with E-state index in [9.17, 15) is 18.8 Å². The predicted octanol–water partition coefficient (Wildman–Crippen LogP) is 3.99. The lowest BCUT2D eigenvalue weighted by molar-refractivity contribution is -0.122. The molecule has 0 aromatic heterocycles. The Labute approximate surface area is 256 Å². The molecule has 44 heavy (non-hydrogen) atoms. The molecule has 0 spiro atoms. The molecule has 9 nitrogen and oxygen atoms in total. The van der Waals surface area contributed by atoms with Crippen molar-refractivity contribution in [3.05, 3.63) is 89.2 Å². The molecule has 3 aromatic carbocycles. The zero-order valence-corrected chi connectivity index (χ0v) is 25.0. The van der Waals surface area contributed by atoms with Gasteiger partial charge in [0.25, 0.3) is 5.91 Å². The van der Waals surface area contributed by atoms with Crippen molar-refractivity contribution in [1.29, 1.82) is 0 Å². The fourth-order valence-corrected chi connectivity index (χ4v) is 5.55. The van der Waals surface area contributed by atoms with Crippen molar-refractivity contribution >= 4 is 46.1 Å². The average molecular weight is 597 g/mol. The van der Waals surface area contributed by atoms with Gasteiger partial charge >= 0.3 is 0 Å². The Morgan fingerprint density at radius 1 is 1.00 bits per heavy atom. The van der Waals surface area contributed by atoms with Gasteiger partial charge in [-0.2, -0.15) is 0 Å². The Hall–Kier alpha value is -4.54. The normalized spacial score (nSPS) is 17.9. The van der Waals surface area contributed by atoms with Gasteiger partial charge in [0.05, 0.1) is 23.5 Å². The molecule has 2 fully saturated rings. The molecular formula is C34H37FN6O3. The van der Waals surface area contributed by atoms with E-state index in [2.05, 4.69) is 32.8 Å². The third kappa shape index (κ3) is 6.66. The van der Waals surface area contributed by atoms with E-state index in [1.165, 1.54) is 12.1 Å². The molecule has 0 radical (unpaired) electrons. The van der Waals surface area contributed by atoms with Crippen molar-refractivity contribution in [2.45, 2.75) is 19.4 Å². The second-order valence-corrected chi connectivity index (χ2v) is 11.8. The van der Waals surface area contributed by atoms with Gasteiger partial charge in [0.1, 0.15) is 5.82 Å². The molecule has 0 atom stereocenters. The first-order valence-electron chi connectivity index (χ1n) is 15.0. The number of likely N-dealkylation sites (N-methyl/N-ethyl adjacent to an activating group) is 2. The molecule has 0 bridgehead atoms. The van der Waals surface area contributed by atoms with Crippen molar-refractivity contribution in [2.75, 3.05) is 62.4 Å². The molecule has 6 rings (SSSR count). The lowest BCUT2D eigenvalue weighted by atomic mass is 9.98. The van der Waals surface area contributed by atoms with Gasteiger partial charge in [-0.1, -0.05) is 18.2 Å². The van der Waals surface area contributed by atoms with Crippen molar-refractivity contribution in [3.8, 4) is 0 Å². The summed E-state index contributed by atoms with van der Waals surface area (Å²) >= 11 is 0. The topological polar surface area (TPSA) is 97.0 Å². The number of amides is 3. The maximum absolute atomic E-state index is 14.0. The number of rotatable bonds is 9. The van der Waals surface area contributed by atoms with E-state index in [0.29, 0.717) is 41.3 Å². The highest BCUT2D eigenvalue weighted by molar-refractivity contribution is 6.37. The van der Waals surface area contributed by atoms with Gasteiger partial charge in [-0.05, 0) is 79.5 Å². The quantitative estimate of drug-likeness (QED) is 0.324. The molecule has 3 aliphatic rings. The number of hydrogen-bond acceptors (Lipinski definition) is 6. The van der Waals surface area contributed by atoms with E-state index < -0.39 is 5.82 Å². The zero-order chi connectivity index (χ0) is 30.8. The fraction of sp³-hybridized carbons (Fsp3) is 0.324. The van der Waals surface area contributed by atoms with Gasteiger partial charge in [-0.3, -0.25) is 19.3 Å². The predicted molar refractivity (Wildman–Crippen MR) is 170 cm³/mol. The number of nitrogens with one attached hydrogen (secondary N) is 3. The minimum atomic E-state index is -0.435. The van der Waals surface area contributed by atoms with Gasteiger partial charge < -0.3 is 25.8 Å². The summed E-state index contributed by atoms with van der Waals surface area (Å²) in [7, 11) is 3.87. The number of halogens is 1. The Morgan fingerprint density at radius 3 is 2.48 bits per heavy atom. The van der Waals surface area contributed by atoms with Gasteiger partial charge in [0.2, 0.25) is 11.8 Å². The second-order valence-electron chi connectivity index (χ2n) is 11.8. The van der Waals surface area contributed by atoms with Crippen LogP contribution in [0.2, 0.25) is 0 Å². The summed E-state index contributed by atoms with van der Waals surface area (Å²) < 4.78 is 14.0. The molecule has 2 heterocycles. The van der Waals surface area contributed by atoms with Crippen molar-refractivity contribution in [3.63, 3.8) is 0 Å². The molecular weight excluding hydrogens is 559 g/mol. The van der Waals surface area contributed by atoms with Gasteiger partial charge in [-0.25, -0.2) is 4.39 Å². The number of anilines is 3. The summed E-state index contributed by atoms with van der Waals surface area (Å²) in [6.45, 7) is 4.38. The van der Waals surface area contributed by atoms with Crippen LogP contribution in [-0.2, 0) is 20.9 Å². The highest BCUT2D eigenvalue weighted by Gasteiger charge is 2.30. The second kappa shape index (κ2) is 12.6. The fourth-order valence-electron chi connectivity index (χ4n) is 5.55. The monoisotopic (exact) mass is 596 g/mol. The highest BCUT2D eigenvalue weighted by atomic mass is 19.1. The summed E-state index contributed by atoms with van der Waals surface area (Å²) in [5.41, 5.74) is 5.06. The van der Waals surface area contributed by atoms with Crippen molar-refractivity contribution < 1.29 is 18.8 Å². The highest BCUT2D eigenvalue weighted by Crippen LogP contribution is 2.38. The standard InChI is InChI=1S/C34H37FN6O3/c1-39-14-16-41(17-15-39)21-30(42)40(2)27-11-9-26(10-12-27)37-32(31-28-13-8-25(35)19-29(28)38-34(31)44)24-5-3-4-22(18-24)20-36-33(43)23-6-7-23/h3-5,8-13,18-19,23,37H,6-7,14-17,20-21H2,1-2H3,(H,36,43)(H,38,44). The summed E-state index contributed by atoms with van der Waals surface area (Å²) in [4.78, 5) is 44.6. The SMILES string of the molecule is CN1CCN(CC(=O)N(C)c2ccc(NC(=C3C(=O)Nc4cc(F)ccc43)c3cccc(CNC(=O)C4CC4)c3)cc2)CC1. The van der Waals surface area contributed by atoms with E-state index in [1.54, 1.807) is 18.0 Å². The van der Waals surface area contributed by atoms with Crippen LogP contribution < -0.4 is 20.9 Å². The first-order valence-corrected chi connectivity index (χ1v) is 15.0. The number of carbonyl (C=O) groups is 3. The largest absolute Gasteiger partial charge is 0.354 e. The lowest BCUT2D eigenvalue weighted by Gasteiger charge is -2.32. The van der Waals surface area contributed by atoms with E-state index in [1.807, 2.05) is 48.5 Å². The van der Waals surface area contributed by atoms with E-state index in [4.69, 9.17) is 0 Å². The first kappa shape index (κ1) is 29.5. The molecule has 228 valence electrons. The summed E-state index contributed by atoms with van der Waals surface area (Å²) in [5.74, 6) is -0.581. The Morgan fingerprint density at radius 2 is 1.75 bits per heavy atom. The van der Waals surface area contributed by atoms with Crippen LogP contribution in [0, 0.1) is 11.7 Å². The molecule has 1 saturated heterocycles. The number of hydrogen-bond donors (Lipinski definition) is 3. The minimum Gasteiger partial charge on any atom is -0.354 e. The van der Waals surface area contributed by atoms with Gasteiger partial charge in [0.15, 0.2) is 0 Å². The molecule has 1 aliphatic carbocycles. The van der Waals surface area contributed by atoms with E-state index >= 15 is 0 Å². The maximum Gasteiger partial charge on any atom is 0.258 e. The molecule has 1 saturated carbocycles. The molecule has 0 unspecified atom stereocenters. The van der Waals surface area contributed by atoms with Crippen LogP contribution in [0.3, 0.4) is 0 Å². The summed E-state index contributed by atoms with van der Waals surface area (Å²) in [6, 6.07) is 19.4. The van der Waals surface area contributed by atoms with Crippen LogP contribution in [0.25, 0.3) is 11.3 Å². The molecule has 2 aliphatic heterocycles. The van der Waals surface area contributed by atoms with E-state index in [0.717, 1.165) is 55.8 Å². The molecule has 3 N–H and O–H groups in total. The number of benzene rings is 3. The molecule has 3 aromatic rings. The van der Waals surface area contributed by atoms with Gasteiger partial charge in [0, 0.05) is 62.6 Å². The van der Waals surface area contributed by atoms with Crippen LogP contribution in [0.15, 0.2) is 66.7 Å². The van der Waals surface area contributed by atoms with Crippen LogP contribution in [0.1, 0.15) is 29.5 Å². The van der Waals surface area contributed by atoms with Crippen LogP contribution >= 0.6 is 0 Å². The third-order valence-electron chi connectivity index (χ3n) is 8.46. The first-order chi connectivity index (χ1) is 21.2. The average Bonchev–Trinajstić information content (AvgIpc) is 3.83. The number of piperazine rings is 1. The smallest absolute Gasteiger partial charge is 0.258 e. The van der Waals surface area contributed by atoms with Crippen LogP contribution in [-0.4, -0.2) is 74.3 Å². The minimum absolute atomic E-state index is 0.0233. The number of nitrogens with zero attached hydrogens (tertiary/aromatic N) is 3. The number of carbonyl (C=O) groups excluding carboxylic acids is 3. The molecule has 10 heteroatoms. The van der Waals surface area contributed by atoms with Gasteiger partial charge in [-0.15, -0.1) is 0 Å².